The van der Waals surface area contributed by atoms with Crippen molar-refractivity contribution in [2.45, 2.75) is 0 Å². The third-order valence-electron chi connectivity index (χ3n) is 5.75. The van der Waals surface area contributed by atoms with Gasteiger partial charge in [0.05, 0.1) is 28.4 Å². The molecule has 1 aromatic heterocycles. The molecule has 0 amide bonds. The molecule has 0 atom stereocenters. The number of benzene rings is 4. The summed E-state index contributed by atoms with van der Waals surface area (Å²) < 4.78 is 7.40. The highest BCUT2D eigenvalue weighted by atomic mass is 35.5. The maximum absolute atomic E-state index is 13.2. The minimum atomic E-state index is -0.262. The van der Waals surface area contributed by atoms with E-state index in [0.717, 1.165) is 27.6 Å². The minimum absolute atomic E-state index is 0.262. The lowest BCUT2D eigenvalue weighted by molar-refractivity contribution is 0.417. The molecule has 0 aliphatic carbocycles. The van der Waals surface area contributed by atoms with Gasteiger partial charge in [-0.2, -0.15) is 0 Å². The molecule has 6 heteroatoms. The first-order valence-corrected chi connectivity index (χ1v) is 11.7. The second-order valence-corrected chi connectivity index (χ2v) is 8.91. The van der Waals surface area contributed by atoms with Crippen molar-refractivity contribution in [3.63, 3.8) is 0 Å². The molecular formula is C28H18Cl3NO2. The molecule has 0 bridgehead atoms. The van der Waals surface area contributed by atoms with Crippen LogP contribution in [-0.4, -0.2) is 11.7 Å². The summed E-state index contributed by atoms with van der Waals surface area (Å²) >= 11 is 19.7. The highest BCUT2D eigenvalue weighted by Gasteiger charge is 2.22. The van der Waals surface area contributed by atoms with Gasteiger partial charge in [0.15, 0.2) is 0 Å². The monoisotopic (exact) mass is 505 g/mol. The molecule has 4 aromatic carbocycles. The van der Waals surface area contributed by atoms with Gasteiger partial charge in [-0.1, -0.05) is 89.4 Å². The van der Waals surface area contributed by atoms with Crippen LogP contribution in [0.1, 0.15) is 0 Å². The molecule has 5 aromatic rings. The van der Waals surface area contributed by atoms with Crippen molar-refractivity contribution < 1.29 is 4.74 Å². The zero-order valence-corrected chi connectivity index (χ0v) is 20.3. The van der Waals surface area contributed by atoms with Crippen LogP contribution in [-0.2, 0) is 0 Å². The van der Waals surface area contributed by atoms with E-state index in [1.807, 2.05) is 66.7 Å². The first kappa shape index (κ1) is 22.5. The van der Waals surface area contributed by atoms with E-state index >= 15 is 0 Å². The van der Waals surface area contributed by atoms with E-state index in [2.05, 4.69) is 0 Å². The molecule has 0 N–H and O–H groups in total. The molecular weight excluding hydrogens is 489 g/mol. The van der Waals surface area contributed by atoms with Crippen LogP contribution in [0.4, 0.5) is 0 Å². The van der Waals surface area contributed by atoms with E-state index in [4.69, 9.17) is 39.5 Å². The predicted octanol–water partition coefficient (Wildman–Crippen LogP) is 8.29. The lowest BCUT2D eigenvalue weighted by atomic mass is 9.90. The van der Waals surface area contributed by atoms with E-state index in [-0.39, 0.29) is 5.56 Å². The maximum Gasteiger partial charge on any atom is 0.255 e. The largest absolute Gasteiger partial charge is 0.496 e. The van der Waals surface area contributed by atoms with Gasteiger partial charge in [0.1, 0.15) is 5.75 Å². The topological polar surface area (TPSA) is 31.2 Å². The summed E-state index contributed by atoms with van der Waals surface area (Å²) in [5.41, 5.74) is 4.27. The number of para-hydroxylation sites is 1. The summed E-state index contributed by atoms with van der Waals surface area (Å²) in [5.74, 6) is 0.594. The maximum atomic E-state index is 13.2. The van der Waals surface area contributed by atoms with Crippen LogP contribution in [0.3, 0.4) is 0 Å². The summed E-state index contributed by atoms with van der Waals surface area (Å²) in [7, 11) is 1.61. The Hall–Kier alpha value is -3.24. The van der Waals surface area contributed by atoms with Gasteiger partial charge in [0.25, 0.3) is 5.56 Å². The van der Waals surface area contributed by atoms with E-state index in [1.54, 1.807) is 25.3 Å². The van der Waals surface area contributed by atoms with Crippen molar-refractivity contribution in [2.75, 3.05) is 7.11 Å². The normalized spacial score (nSPS) is 11.1. The number of nitrogens with zero attached hydrogens (tertiary/aromatic N) is 1. The first-order chi connectivity index (χ1) is 16.5. The molecule has 0 aliphatic heterocycles. The highest BCUT2D eigenvalue weighted by molar-refractivity contribution is 6.38. The number of aromatic nitrogens is 1. The third kappa shape index (κ3) is 3.76. The number of hydrogen-bond acceptors (Lipinski definition) is 2. The number of methoxy groups -OCH3 is 1. The van der Waals surface area contributed by atoms with Crippen LogP contribution in [0, 0.1) is 0 Å². The van der Waals surface area contributed by atoms with E-state index in [1.165, 1.54) is 10.6 Å². The number of fused-ring (bicyclic) bond motifs is 1. The van der Waals surface area contributed by atoms with Crippen LogP contribution in [0.25, 0.3) is 38.8 Å². The number of pyridine rings is 1. The van der Waals surface area contributed by atoms with Crippen LogP contribution in [0.15, 0.2) is 95.8 Å². The minimum Gasteiger partial charge on any atom is -0.496 e. The Morgan fingerprint density at radius 3 is 2.03 bits per heavy atom. The molecule has 3 nitrogen and oxygen atoms in total. The second kappa shape index (κ2) is 9.19. The average Bonchev–Trinajstić information content (AvgIpc) is 2.85. The molecule has 0 unspecified atom stereocenters. The SMILES string of the molecule is COc1cc2c(ccc(=O)n2-c2c(Cl)cccc2Cl)c(-c2ccccc2Cl)c1-c1ccccc1. The molecule has 0 radical (unpaired) electrons. The molecule has 1 heterocycles. The van der Waals surface area contributed by atoms with Crippen molar-refractivity contribution in [3.05, 3.63) is 116 Å². The molecule has 0 aliphatic rings. The lowest BCUT2D eigenvalue weighted by Gasteiger charge is -2.21. The van der Waals surface area contributed by atoms with Gasteiger partial charge in [-0.05, 0) is 29.8 Å². The van der Waals surface area contributed by atoms with Gasteiger partial charge in [-0.15, -0.1) is 0 Å². The van der Waals surface area contributed by atoms with Gasteiger partial charge < -0.3 is 4.74 Å². The smallest absolute Gasteiger partial charge is 0.255 e. The van der Waals surface area contributed by atoms with Crippen LogP contribution in [0.5, 0.6) is 5.75 Å². The van der Waals surface area contributed by atoms with Gasteiger partial charge in [0.2, 0.25) is 0 Å². The fraction of sp³-hybridized carbons (Fsp3) is 0.0357. The molecule has 0 saturated heterocycles. The highest BCUT2D eigenvalue weighted by Crippen LogP contribution is 2.46. The number of rotatable bonds is 4. The van der Waals surface area contributed by atoms with Crippen LogP contribution >= 0.6 is 34.8 Å². The summed E-state index contributed by atoms with van der Waals surface area (Å²) in [5, 5.41) is 2.13. The van der Waals surface area contributed by atoms with Gasteiger partial charge in [0, 0.05) is 39.2 Å². The summed E-state index contributed by atoms with van der Waals surface area (Å²) in [6, 6.07) is 27.9. The molecule has 34 heavy (non-hydrogen) atoms. The first-order valence-electron chi connectivity index (χ1n) is 10.5. The average molecular weight is 507 g/mol. The zero-order chi connectivity index (χ0) is 23.8. The third-order valence-corrected chi connectivity index (χ3v) is 6.69. The van der Waals surface area contributed by atoms with E-state index in [9.17, 15) is 4.79 Å². The Morgan fingerprint density at radius 2 is 1.35 bits per heavy atom. The Bertz CT molecular complexity index is 1570. The molecule has 0 spiro atoms. The summed E-state index contributed by atoms with van der Waals surface area (Å²) in [6.07, 6.45) is 0. The van der Waals surface area contributed by atoms with Gasteiger partial charge >= 0.3 is 0 Å². The van der Waals surface area contributed by atoms with Crippen molar-refractivity contribution in [1.29, 1.82) is 0 Å². The summed E-state index contributed by atoms with van der Waals surface area (Å²) in [6.45, 7) is 0. The second-order valence-electron chi connectivity index (χ2n) is 7.68. The standard InChI is InChI=1S/C28H18Cl3NO2/c1-34-24-16-23-19(14-15-25(33)32(23)28-21(30)12-7-13-22(28)31)27(18-10-5-6-11-20(18)29)26(24)17-8-3-2-4-9-17/h2-16H,1H3. The van der Waals surface area contributed by atoms with E-state index in [0.29, 0.717) is 32.0 Å². The Balaban J connectivity index is 2.02. The van der Waals surface area contributed by atoms with Crippen molar-refractivity contribution in [2.24, 2.45) is 0 Å². The number of ether oxygens (including phenoxy) is 1. The number of halogens is 3. The van der Waals surface area contributed by atoms with Crippen molar-refractivity contribution in [1.82, 2.24) is 4.57 Å². The van der Waals surface area contributed by atoms with Crippen molar-refractivity contribution in [3.8, 4) is 33.7 Å². The summed E-state index contributed by atoms with van der Waals surface area (Å²) in [4.78, 5) is 13.2. The quantitative estimate of drug-likeness (QED) is 0.245. The predicted molar refractivity (Wildman–Crippen MR) is 142 cm³/mol. The lowest BCUT2D eigenvalue weighted by Crippen LogP contribution is -2.18. The Morgan fingerprint density at radius 1 is 0.706 bits per heavy atom. The zero-order valence-electron chi connectivity index (χ0n) is 18.1. The van der Waals surface area contributed by atoms with Gasteiger partial charge in [-0.25, -0.2) is 0 Å². The molecule has 5 rings (SSSR count). The van der Waals surface area contributed by atoms with Crippen molar-refractivity contribution >= 4 is 45.7 Å². The molecule has 0 saturated carbocycles. The molecule has 168 valence electrons. The number of hydrogen-bond donors (Lipinski definition) is 0. The van der Waals surface area contributed by atoms with Crippen LogP contribution < -0.4 is 10.3 Å². The molecule has 0 fully saturated rings. The Labute approximate surface area is 211 Å². The van der Waals surface area contributed by atoms with E-state index < -0.39 is 0 Å². The van der Waals surface area contributed by atoms with Gasteiger partial charge in [-0.3, -0.25) is 9.36 Å². The fourth-order valence-electron chi connectivity index (χ4n) is 4.29. The Kier molecular flexibility index (Phi) is 6.09. The fourth-order valence-corrected chi connectivity index (χ4v) is 5.09. The van der Waals surface area contributed by atoms with Crippen LogP contribution in [0.2, 0.25) is 15.1 Å².